The fourth-order valence-corrected chi connectivity index (χ4v) is 2.48. The Morgan fingerprint density at radius 1 is 1.10 bits per heavy atom. The maximum Gasteiger partial charge on any atom is 0.307 e. The lowest BCUT2D eigenvalue weighted by molar-refractivity contribution is -0.140. The molecule has 8 nitrogen and oxygen atoms in total. The van der Waals surface area contributed by atoms with Gasteiger partial charge in [0, 0.05) is 12.1 Å². The van der Waals surface area contributed by atoms with Crippen LogP contribution < -0.4 is 15.4 Å². The van der Waals surface area contributed by atoms with E-state index >= 15 is 0 Å². The molecule has 0 aliphatic carbocycles. The van der Waals surface area contributed by atoms with Crippen molar-refractivity contribution in [1.82, 2.24) is 10.6 Å². The Bertz CT molecular complexity index is 924. The molecule has 0 fully saturated rings. The predicted octanol–water partition coefficient (Wildman–Crippen LogP) is 2.24. The summed E-state index contributed by atoms with van der Waals surface area (Å²) in [7, 11) is 1.26. The van der Waals surface area contributed by atoms with E-state index in [9.17, 15) is 19.5 Å². The Hall–Kier alpha value is -3.81. The molecular weight excluding hydrogens is 388 g/mol. The first-order valence-corrected chi connectivity index (χ1v) is 9.33. The first-order valence-electron chi connectivity index (χ1n) is 9.33. The molecule has 158 valence electrons. The van der Waals surface area contributed by atoms with Gasteiger partial charge in [0.15, 0.2) is 11.5 Å². The first kappa shape index (κ1) is 22.5. The Morgan fingerprint density at radius 2 is 1.83 bits per heavy atom. The van der Waals surface area contributed by atoms with Crippen LogP contribution in [0.2, 0.25) is 0 Å². The minimum atomic E-state index is -0.575. The van der Waals surface area contributed by atoms with E-state index in [0.29, 0.717) is 17.7 Å². The molecule has 3 N–H and O–H groups in total. The van der Waals surface area contributed by atoms with Gasteiger partial charge in [0.2, 0.25) is 0 Å². The number of amides is 2. The smallest absolute Gasteiger partial charge is 0.307 e. The van der Waals surface area contributed by atoms with Crippen molar-refractivity contribution in [3.63, 3.8) is 0 Å². The molecule has 8 heteroatoms. The predicted molar refractivity (Wildman–Crippen MR) is 111 cm³/mol. The van der Waals surface area contributed by atoms with E-state index in [0.717, 1.165) is 0 Å². The van der Waals surface area contributed by atoms with Crippen LogP contribution in [-0.4, -0.2) is 43.2 Å². The molecule has 0 aliphatic rings. The monoisotopic (exact) mass is 412 g/mol. The van der Waals surface area contributed by atoms with Crippen molar-refractivity contribution in [1.29, 1.82) is 0 Å². The summed E-state index contributed by atoms with van der Waals surface area (Å²) in [6.45, 7) is 2.18. The molecule has 0 radical (unpaired) electrons. The van der Waals surface area contributed by atoms with Gasteiger partial charge in [-0.15, -0.1) is 0 Å². The molecule has 2 rings (SSSR count). The minimum Gasteiger partial charge on any atom is -0.504 e. The highest BCUT2D eigenvalue weighted by atomic mass is 16.5. The summed E-state index contributed by atoms with van der Waals surface area (Å²) in [5, 5.41) is 15.0. The topological polar surface area (TPSA) is 114 Å². The molecule has 0 unspecified atom stereocenters. The lowest BCUT2D eigenvalue weighted by atomic mass is 10.1. The van der Waals surface area contributed by atoms with E-state index in [1.807, 2.05) is 0 Å². The van der Waals surface area contributed by atoms with Crippen LogP contribution in [0.15, 0.2) is 54.2 Å². The van der Waals surface area contributed by atoms with Crippen molar-refractivity contribution in [2.45, 2.75) is 13.3 Å². The van der Waals surface area contributed by atoms with Crippen molar-refractivity contribution >= 4 is 23.9 Å². The van der Waals surface area contributed by atoms with Crippen LogP contribution >= 0.6 is 0 Å². The van der Waals surface area contributed by atoms with E-state index in [1.54, 1.807) is 49.4 Å². The lowest BCUT2D eigenvalue weighted by Gasteiger charge is -2.12. The summed E-state index contributed by atoms with van der Waals surface area (Å²) in [5.74, 6) is -1.28. The Morgan fingerprint density at radius 3 is 2.50 bits per heavy atom. The van der Waals surface area contributed by atoms with Gasteiger partial charge in [-0.3, -0.25) is 14.4 Å². The minimum absolute atomic E-state index is 0.00412. The van der Waals surface area contributed by atoms with Crippen LogP contribution in [0.5, 0.6) is 11.5 Å². The Kier molecular flexibility index (Phi) is 8.43. The van der Waals surface area contributed by atoms with Gasteiger partial charge in [-0.1, -0.05) is 24.3 Å². The number of phenolic OH excluding ortho intramolecular Hbond substituents is 1. The SMILES string of the molecule is CCOc1cc(/C=C(\NC(=O)c2ccccc2)C(=O)NCCC(=O)OC)ccc1O. The molecule has 30 heavy (non-hydrogen) atoms. The van der Waals surface area contributed by atoms with Gasteiger partial charge in [-0.25, -0.2) is 0 Å². The number of methoxy groups -OCH3 is 1. The number of nitrogens with one attached hydrogen (secondary N) is 2. The molecule has 0 saturated carbocycles. The third-order valence-electron chi connectivity index (χ3n) is 3.97. The van der Waals surface area contributed by atoms with E-state index in [2.05, 4.69) is 15.4 Å². The molecule has 0 bridgehead atoms. The first-order chi connectivity index (χ1) is 14.4. The van der Waals surface area contributed by atoms with Gasteiger partial charge >= 0.3 is 5.97 Å². The number of esters is 1. The van der Waals surface area contributed by atoms with E-state index in [-0.39, 0.29) is 30.2 Å². The summed E-state index contributed by atoms with van der Waals surface area (Å²) >= 11 is 0. The zero-order chi connectivity index (χ0) is 21.9. The third-order valence-corrected chi connectivity index (χ3v) is 3.97. The zero-order valence-corrected chi connectivity index (χ0v) is 16.8. The number of hydrogen-bond acceptors (Lipinski definition) is 6. The highest BCUT2D eigenvalue weighted by Gasteiger charge is 2.15. The highest BCUT2D eigenvalue weighted by molar-refractivity contribution is 6.05. The Balaban J connectivity index is 2.26. The standard InChI is InChI=1S/C22H24N2O6/c1-3-30-19-14-15(9-10-18(19)25)13-17(22(28)23-12-11-20(26)29-2)24-21(27)16-7-5-4-6-8-16/h4-10,13-14,25H,3,11-12H2,1-2H3,(H,23,28)(H,24,27)/b17-13-. The number of carbonyl (C=O) groups is 3. The number of aromatic hydroxyl groups is 1. The third kappa shape index (κ3) is 6.66. The Labute approximate surface area is 174 Å². The number of ether oxygens (including phenoxy) is 2. The van der Waals surface area contributed by atoms with Crippen molar-refractivity contribution in [3.05, 3.63) is 65.4 Å². The fraction of sp³-hybridized carbons (Fsp3) is 0.227. The number of phenols is 1. The molecule has 2 aromatic carbocycles. The maximum absolute atomic E-state index is 12.6. The average molecular weight is 412 g/mol. The van der Waals surface area contributed by atoms with Gasteiger partial charge < -0.3 is 25.2 Å². The van der Waals surface area contributed by atoms with Crippen LogP contribution in [0.3, 0.4) is 0 Å². The number of benzene rings is 2. The molecule has 2 amide bonds. The normalized spacial score (nSPS) is 10.8. The second-order valence-electron chi connectivity index (χ2n) is 6.12. The molecule has 0 atom stereocenters. The van der Waals surface area contributed by atoms with Crippen LogP contribution in [0.4, 0.5) is 0 Å². The molecule has 0 heterocycles. The average Bonchev–Trinajstić information content (AvgIpc) is 2.76. The zero-order valence-electron chi connectivity index (χ0n) is 16.8. The summed E-state index contributed by atoms with van der Waals surface area (Å²) in [6, 6.07) is 13.0. The largest absolute Gasteiger partial charge is 0.504 e. The van der Waals surface area contributed by atoms with E-state index < -0.39 is 17.8 Å². The molecule has 2 aromatic rings. The quantitative estimate of drug-likeness (QED) is 0.430. The van der Waals surface area contributed by atoms with Crippen LogP contribution in [0.1, 0.15) is 29.3 Å². The second kappa shape index (κ2) is 11.3. The van der Waals surface area contributed by atoms with Crippen molar-refractivity contribution in [2.24, 2.45) is 0 Å². The lowest BCUT2D eigenvalue weighted by Crippen LogP contribution is -2.35. The van der Waals surface area contributed by atoms with Crippen LogP contribution in [0.25, 0.3) is 6.08 Å². The van der Waals surface area contributed by atoms with Crippen molar-refractivity contribution in [3.8, 4) is 11.5 Å². The van der Waals surface area contributed by atoms with E-state index in [1.165, 1.54) is 19.3 Å². The molecule has 0 spiro atoms. The van der Waals surface area contributed by atoms with Gasteiger partial charge in [-0.2, -0.15) is 0 Å². The van der Waals surface area contributed by atoms with Gasteiger partial charge in [-0.05, 0) is 42.8 Å². The summed E-state index contributed by atoms with van der Waals surface area (Å²) in [5.41, 5.74) is 0.885. The number of hydrogen-bond donors (Lipinski definition) is 3. The van der Waals surface area contributed by atoms with Gasteiger partial charge in [0.25, 0.3) is 11.8 Å². The van der Waals surface area contributed by atoms with Crippen molar-refractivity contribution < 1.29 is 29.0 Å². The second-order valence-corrected chi connectivity index (χ2v) is 6.12. The molecule has 0 saturated heterocycles. The van der Waals surface area contributed by atoms with Gasteiger partial charge in [0.05, 0.1) is 20.1 Å². The number of rotatable bonds is 9. The molecule has 0 aromatic heterocycles. The maximum atomic E-state index is 12.6. The summed E-state index contributed by atoms with van der Waals surface area (Å²) in [4.78, 5) is 36.4. The van der Waals surface area contributed by atoms with Crippen LogP contribution in [-0.2, 0) is 14.3 Å². The molecular formula is C22H24N2O6. The van der Waals surface area contributed by atoms with Gasteiger partial charge in [0.1, 0.15) is 5.70 Å². The summed E-state index contributed by atoms with van der Waals surface area (Å²) < 4.78 is 9.90. The van der Waals surface area contributed by atoms with Crippen molar-refractivity contribution in [2.75, 3.05) is 20.3 Å². The van der Waals surface area contributed by atoms with E-state index in [4.69, 9.17) is 4.74 Å². The summed E-state index contributed by atoms with van der Waals surface area (Å²) in [6.07, 6.45) is 1.45. The highest BCUT2D eigenvalue weighted by Crippen LogP contribution is 2.27. The van der Waals surface area contributed by atoms with Crippen LogP contribution in [0, 0.1) is 0 Å². The number of carbonyl (C=O) groups excluding carboxylic acids is 3. The molecule has 0 aliphatic heterocycles. The fourth-order valence-electron chi connectivity index (χ4n) is 2.48.